The fraction of sp³-hybridized carbons (Fsp3) is 0.231. The van der Waals surface area contributed by atoms with E-state index in [1.54, 1.807) is 6.07 Å². The molecule has 0 amide bonds. The number of ether oxygens (including phenoxy) is 1. The van der Waals surface area contributed by atoms with Gasteiger partial charge in [-0.2, -0.15) is 0 Å². The highest BCUT2D eigenvalue weighted by Gasteiger charge is 2.18. The van der Waals surface area contributed by atoms with E-state index in [4.69, 9.17) is 10.5 Å². The lowest BCUT2D eigenvalue weighted by Gasteiger charge is -2.13. The Morgan fingerprint density at radius 2 is 2.10 bits per heavy atom. The SMILES string of the molecule is COc1cc(C(N)Cc2c(F)ccc(Br)c2F)ncn1. The summed E-state index contributed by atoms with van der Waals surface area (Å²) in [7, 11) is 1.46. The second-order valence-electron chi connectivity index (χ2n) is 4.12. The lowest BCUT2D eigenvalue weighted by atomic mass is 10.0. The van der Waals surface area contributed by atoms with Crippen LogP contribution in [0.5, 0.6) is 5.88 Å². The van der Waals surface area contributed by atoms with E-state index in [1.807, 2.05) is 0 Å². The van der Waals surface area contributed by atoms with Crippen LogP contribution in [0.4, 0.5) is 8.78 Å². The molecule has 2 N–H and O–H groups in total. The van der Waals surface area contributed by atoms with Crippen molar-refractivity contribution in [2.75, 3.05) is 7.11 Å². The number of hydrogen-bond acceptors (Lipinski definition) is 4. The van der Waals surface area contributed by atoms with Crippen LogP contribution in [0.1, 0.15) is 17.3 Å². The summed E-state index contributed by atoms with van der Waals surface area (Å²) in [5.41, 5.74) is 6.32. The maximum atomic E-state index is 13.9. The zero-order valence-electron chi connectivity index (χ0n) is 10.6. The largest absolute Gasteiger partial charge is 0.481 e. The molecule has 0 spiro atoms. The normalized spacial score (nSPS) is 12.2. The van der Waals surface area contributed by atoms with Gasteiger partial charge in [0.2, 0.25) is 5.88 Å². The minimum absolute atomic E-state index is 0.0166. The third-order valence-corrected chi connectivity index (χ3v) is 3.43. The van der Waals surface area contributed by atoms with Crippen molar-refractivity contribution in [1.82, 2.24) is 9.97 Å². The molecule has 1 aromatic heterocycles. The van der Waals surface area contributed by atoms with E-state index in [-0.39, 0.29) is 16.5 Å². The van der Waals surface area contributed by atoms with Crippen LogP contribution >= 0.6 is 15.9 Å². The predicted octanol–water partition coefficient (Wildman–Crippen LogP) is 2.77. The third-order valence-electron chi connectivity index (χ3n) is 2.82. The van der Waals surface area contributed by atoms with E-state index in [0.717, 1.165) is 0 Å². The maximum Gasteiger partial charge on any atom is 0.216 e. The average molecular weight is 344 g/mol. The van der Waals surface area contributed by atoms with E-state index in [2.05, 4.69) is 25.9 Å². The van der Waals surface area contributed by atoms with Crippen molar-refractivity contribution >= 4 is 15.9 Å². The molecule has 1 aromatic carbocycles. The van der Waals surface area contributed by atoms with Gasteiger partial charge in [0, 0.05) is 11.6 Å². The van der Waals surface area contributed by atoms with Gasteiger partial charge in [0.15, 0.2) is 0 Å². The highest BCUT2D eigenvalue weighted by molar-refractivity contribution is 9.10. The van der Waals surface area contributed by atoms with E-state index < -0.39 is 17.7 Å². The van der Waals surface area contributed by atoms with Crippen LogP contribution in [-0.4, -0.2) is 17.1 Å². The molecule has 0 saturated carbocycles. The number of nitrogens with zero attached hydrogens (tertiary/aromatic N) is 2. The Labute approximate surface area is 123 Å². The van der Waals surface area contributed by atoms with Crippen LogP contribution in [0.25, 0.3) is 0 Å². The fourth-order valence-corrected chi connectivity index (χ4v) is 2.12. The predicted molar refractivity (Wildman–Crippen MR) is 73.3 cm³/mol. The van der Waals surface area contributed by atoms with Gasteiger partial charge < -0.3 is 10.5 Å². The Kier molecular flexibility index (Phi) is 4.61. The first-order valence-electron chi connectivity index (χ1n) is 5.76. The van der Waals surface area contributed by atoms with Crippen LogP contribution in [0.15, 0.2) is 29.0 Å². The van der Waals surface area contributed by atoms with Gasteiger partial charge in [0.25, 0.3) is 0 Å². The van der Waals surface area contributed by atoms with E-state index in [9.17, 15) is 8.78 Å². The first kappa shape index (κ1) is 14.8. The Morgan fingerprint density at radius 3 is 2.80 bits per heavy atom. The van der Waals surface area contributed by atoms with E-state index in [1.165, 1.54) is 25.6 Å². The average Bonchev–Trinajstić information content (AvgIpc) is 2.47. The Morgan fingerprint density at radius 1 is 1.35 bits per heavy atom. The summed E-state index contributed by atoms with van der Waals surface area (Å²) in [6.45, 7) is 0. The second kappa shape index (κ2) is 6.23. The number of aromatic nitrogens is 2. The Hall–Kier alpha value is -1.60. The number of benzene rings is 1. The molecular weight excluding hydrogens is 332 g/mol. The van der Waals surface area contributed by atoms with Crippen LogP contribution in [0, 0.1) is 11.6 Å². The number of halogens is 3. The molecule has 0 radical (unpaired) electrons. The third kappa shape index (κ3) is 3.10. The number of hydrogen-bond donors (Lipinski definition) is 1. The summed E-state index contributed by atoms with van der Waals surface area (Å²) in [5.74, 6) is -0.940. The van der Waals surface area contributed by atoms with Gasteiger partial charge in [-0.1, -0.05) is 0 Å². The molecule has 1 atom stereocenters. The van der Waals surface area contributed by atoms with Crippen molar-refractivity contribution in [3.63, 3.8) is 0 Å². The van der Waals surface area contributed by atoms with Crippen LogP contribution in [-0.2, 0) is 6.42 Å². The van der Waals surface area contributed by atoms with Gasteiger partial charge in [-0.25, -0.2) is 18.7 Å². The van der Waals surface area contributed by atoms with Gasteiger partial charge >= 0.3 is 0 Å². The van der Waals surface area contributed by atoms with Crippen molar-refractivity contribution in [2.24, 2.45) is 5.73 Å². The molecule has 2 aromatic rings. The molecule has 1 unspecified atom stereocenters. The topological polar surface area (TPSA) is 61.0 Å². The molecule has 0 aliphatic heterocycles. The first-order chi connectivity index (χ1) is 9.52. The van der Waals surface area contributed by atoms with E-state index in [0.29, 0.717) is 11.6 Å². The summed E-state index contributed by atoms with van der Waals surface area (Å²) in [4.78, 5) is 7.84. The molecule has 1 heterocycles. The fourth-order valence-electron chi connectivity index (χ4n) is 1.75. The van der Waals surface area contributed by atoms with Gasteiger partial charge in [-0.05, 0) is 34.5 Å². The second-order valence-corrected chi connectivity index (χ2v) is 4.97. The van der Waals surface area contributed by atoms with Crippen LogP contribution < -0.4 is 10.5 Å². The minimum atomic E-state index is -0.662. The highest BCUT2D eigenvalue weighted by atomic mass is 79.9. The van der Waals surface area contributed by atoms with Crippen molar-refractivity contribution in [3.05, 3.63) is 51.9 Å². The number of rotatable bonds is 4. The molecule has 20 heavy (non-hydrogen) atoms. The monoisotopic (exact) mass is 343 g/mol. The molecule has 0 aliphatic rings. The molecule has 0 bridgehead atoms. The lowest BCUT2D eigenvalue weighted by Crippen LogP contribution is -2.17. The standard InChI is InChI=1S/C13H12BrF2N3O/c1-20-12-5-11(18-6-19-12)10(17)4-7-9(15)3-2-8(14)13(7)16/h2-3,5-6,10H,4,17H2,1H3. The summed E-state index contributed by atoms with van der Waals surface area (Å²) in [6, 6.07) is 3.38. The van der Waals surface area contributed by atoms with Crippen molar-refractivity contribution < 1.29 is 13.5 Å². The zero-order chi connectivity index (χ0) is 14.7. The summed E-state index contributed by atoms with van der Waals surface area (Å²) >= 11 is 3.02. The molecule has 0 aliphatic carbocycles. The summed E-state index contributed by atoms with van der Waals surface area (Å²) in [5, 5.41) is 0. The molecular formula is C13H12BrF2N3O. The van der Waals surface area contributed by atoms with Crippen molar-refractivity contribution in [1.29, 1.82) is 0 Å². The molecule has 4 nitrogen and oxygen atoms in total. The highest BCUT2D eigenvalue weighted by Crippen LogP contribution is 2.25. The van der Waals surface area contributed by atoms with Crippen molar-refractivity contribution in [2.45, 2.75) is 12.5 Å². The Bertz CT molecular complexity index is 625. The first-order valence-corrected chi connectivity index (χ1v) is 6.56. The Balaban J connectivity index is 2.27. The summed E-state index contributed by atoms with van der Waals surface area (Å²) in [6.07, 6.45) is 1.28. The molecule has 2 rings (SSSR count). The molecule has 7 heteroatoms. The molecule has 0 fully saturated rings. The van der Waals surface area contributed by atoms with Gasteiger partial charge in [0.05, 0.1) is 23.3 Å². The zero-order valence-corrected chi connectivity index (χ0v) is 12.2. The van der Waals surface area contributed by atoms with Crippen LogP contribution in [0.2, 0.25) is 0 Å². The van der Waals surface area contributed by atoms with Gasteiger partial charge in [-0.15, -0.1) is 0 Å². The molecule has 106 valence electrons. The number of methoxy groups -OCH3 is 1. The minimum Gasteiger partial charge on any atom is -0.481 e. The smallest absolute Gasteiger partial charge is 0.216 e. The van der Waals surface area contributed by atoms with E-state index >= 15 is 0 Å². The van der Waals surface area contributed by atoms with Crippen molar-refractivity contribution in [3.8, 4) is 5.88 Å². The maximum absolute atomic E-state index is 13.9. The number of nitrogens with two attached hydrogens (primary N) is 1. The van der Waals surface area contributed by atoms with Gasteiger partial charge in [0.1, 0.15) is 18.0 Å². The summed E-state index contributed by atoms with van der Waals surface area (Å²) < 4.78 is 32.7. The lowest BCUT2D eigenvalue weighted by molar-refractivity contribution is 0.395. The van der Waals surface area contributed by atoms with Crippen LogP contribution in [0.3, 0.4) is 0 Å². The molecule has 0 saturated heterocycles. The quantitative estimate of drug-likeness (QED) is 0.867. The van der Waals surface area contributed by atoms with Gasteiger partial charge in [-0.3, -0.25) is 0 Å².